The number of pyridine rings is 1. The quantitative estimate of drug-likeness (QED) is 0.448. The summed E-state index contributed by atoms with van der Waals surface area (Å²) in [4.78, 5) is 32.8. The first-order chi connectivity index (χ1) is 17.6. The molecule has 1 N–H and O–H groups in total. The summed E-state index contributed by atoms with van der Waals surface area (Å²) in [6.07, 6.45) is 7.82. The second kappa shape index (κ2) is 11.1. The summed E-state index contributed by atoms with van der Waals surface area (Å²) in [5.74, 6) is -0.508. The molecule has 2 aromatic carbocycles. The predicted molar refractivity (Wildman–Crippen MR) is 140 cm³/mol. The summed E-state index contributed by atoms with van der Waals surface area (Å²) in [6, 6.07) is 19.6. The Morgan fingerprint density at radius 3 is 2.61 bits per heavy atom. The third-order valence-electron chi connectivity index (χ3n) is 6.74. The fourth-order valence-electron chi connectivity index (χ4n) is 4.83. The summed E-state index contributed by atoms with van der Waals surface area (Å²) < 4.78 is 14.4. The van der Waals surface area contributed by atoms with E-state index in [1.165, 1.54) is 6.07 Å². The Hall–Kier alpha value is -3.45. The lowest BCUT2D eigenvalue weighted by atomic mass is 9.92. The smallest absolute Gasteiger partial charge is 0.260 e. The SMILES string of the molecule is O=C(NCc1ccccn1)c1ccc(/C=C2\SC3CCCCC3N(Cc3ccccc3F)C2=O)cc1. The lowest BCUT2D eigenvalue weighted by Gasteiger charge is -2.44. The summed E-state index contributed by atoms with van der Waals surface area (Å²) in [5.41, 5.74) is 2.74. The van der Waals surface area contributed by atoms with Crippen LogP contribution in [0.15, 0.2) is 77.8 Å². The van der Waals surface area contributed by atoms with Gasteiger partial charge in [-0.15, -0.1) is 11.8 Å². The zero-order chi connectivity index (χ0) is 24.9. The molecule has 0 spiro atoms. The van der Waals surface area contributed by atoms with Gasteiger partial charge in [0.2, 0.25) is 0 Å². The van der Waals surface area contributed by atoms with E-state index in [1.54, 1.807) is 42.2 Å². The van der Waals surface area contributed by atoms with Crippen LogP contribution in [0.4, 0.5) is 4.39 Å². The van der Waals surface area contributed by atoms with Gasteiger partial charge in [0.1, 0.15) is 5.82 Å². The minimum atomic E-state index is -0.279. The van der Waals surface area contributed by atoms with E-state index < -0.39 is 0 Å². The van der Waals surface area contributed by atoms with Crippen molar-refractivity contribution in [2.24, 2.45) is 0 Å². The summed E-state index contributed by atoms with van der Waals surface area (Å²) >= 11 is 1.64. The average molecular weight is 502 g/mol. The van der Waals surface area contributed by atoms with Gasteiger partial charge in [-0.2, -0.15) is 0 Å². The highest BCUT2D eigenvalue weighted by Gasteiger charge is 2.40. The molecule has 5 rings (SSSR count). The maximum atomic E-state index is 14.4. The van der Waals surface area contributed by atoms with Gasteiger partial charge in [0.05, 0.1) is 17.1 Å². The maximum Gasteiger partial charge on any atom is 0.260 e. The van der Waals surface area contributed by atoms with Crippen LogP contribution in [0.2, 0.25) is 0 Å². The number of carbonyl (C=O) groups is 2. The van der Waals surface area contributed by atoms with E-state index in [-0.39, 0.29) is 30.2 Å². The normalized spacial score (nSPS) is 20.8. The molecule has 2 aliphatic rings. The molecule has 5 nitrogen and oxygen atoms in total. The number of thioether (sulfide) groups is 1. The first-order valence-corrected chi connectivity index (χ1v) is 13.2. The largest absolute Gasteiger partial charge is 0.346 e. The highest BCUT2D eigenvalue weighted by Crippen LogP contribution is 2.42. The van der Waals surface area contributed by atoms with E-state index in [4.69, 9.17) is 0 Å². The van der Waals surface area contributed by atoms with Crippen molar-refractivity contribution >= 4 is 29.7 Å². The third-order valence-corrected chi connectivity index (χ3v) is 8.14. The number of aromatic nitrogens is 1. The molecule has 3 aromatic rings. The monoisotopic (exact) mass is 501 g/mol. The van der Waals surface area contributed by atoms with Crippen LogP contribution in [-0.2, 0) is 17.9 Å². The molecule has 1 aliphatic heterocycles. The van der Waals surface area contributed by atoms with Crippen LogP contribution >= 0.6 is 11.8 Å². The Balaban J connectivity index is 1.31. The van der Waals surface area contributed by atoms with E-state index in [2.05, 4.69) is 10.3 Å². The van der Waals surface area contributed by atoms with Gasteiger partial charge >= 0.3 is 0 Å². The van der Waals surface area contributed by atoms with Crippen LogP contribution in [0, 0.1) is 5.82 Å². The molecule has 2 fully saturated rings. The van der Waals surface area contributed by atoms with E-state index in [0.29, 0.717) is 27.8 Å². The van der Waals surface area contributed by atoms with Crippen molar-refractivity contribution in [1.29, 1.82) is 0 Å². The van der Waals surface area contributed by atoms with Crippen LogP contribution in [0.5, 0.6) is 0 Å². The van der Waals surface area contributed by atoms with Gasteiger partial charge in [-0.25, -0.2) is 4.39 Å². The lowest BCUT2D eigenvalue weighted by molar-refractivity contribution is -0.130. The van der Waals surface area contributed by atoms with Gasteiger partial charge in [0.15, 0.2) is 0 Å². The van der Waals surface area contributed by atoms with E-state index in [9.17, 15) is 14.0 Å². The maximum absolute atomic E-state index is 14.4. The molecule has 2 heterocycles. The Kier molecular flexibility index (Phi) is 7.47. The number of amides is 2. The summed E-state index contributed by atoms with van der Waals surface area (Å²) in [5, 5.41) is 3.19. The molecule has 1 aliphatic carbocycles. The number of hydrogen-bond acceptors (Lipinski definition) is 4. The van der Waals surface area contributed by atoms with E-state index in [0.717, 1.165) is 36.9 Å². The molecule has 2 atom stereocenters. The van der Waals surface area contributed by atoms with E-state index >= 15 is 0 Å². The second-order valence-corrected chi connectivity index (χ2v) is 10.4. The number of nitrogens with zero attached hydrogens (tertiary/aromatic N) is 2. The number of fused-ring (bicyclic) bond motifs is 1. The van der Waals surface area contributed by atoms with Gasteiger partial charge < -0.3 is 10.2 Å². The standard InChI is InChI=1S/C29H28FN3O2S/c30-24-9-2-1-7-22(24)19-33-25-10-3-4-11-26(25)36-27(29(33)35)17-20-12-14-21(15-13-20)28(34)32-18-23-8-5-6-16-31-23/h1-2,5-9,12-17,25-26H,3-4,10-11,18-19H2,(H,32,34)/b27-17-. The number of nitrogens with one attached hydrogen (secondary N) is 1. The molecule has 2 unspecified atom stereocenters. The molecule has 36 heavy (non-hydrogen) atoms. The van der Waals surface area contributed by atoms with Crippen LogP contribution in [0.3, 0.4) is 0 Å². The molecule has 0 radical (unpaired) electrons. The zero-order valence-electron chi connectivity index (χ0n) is 19.9. The van der Waals surface area contributed by atoms with Crippen molar-refractivity contribution in [3.8, 4) is 0 Å². The van der Waals surface area contributed by atoms with Crippen molar-refractivity contribution in [3.63, 3.8) is 0 Å². The highest BCUT2D eigenvalue weighted by atomic mass is 32.2. The summed E-state index contributed by atoms with van der Waals surface area (Å²) in [7, 11) is 0. The molecule has 0 bridgehead atoms. The number of halogens is 1. The second-order valence-electron chi connectivity index (χ2n) is 9.17. The molecule has 2 amide bonds. The van der Waals surface area contributed by atoms with Crippen molar-refractivity contribution < 1.29 is 14.0 Å². The Labute approximate surface area is 214 Å². The molecular formula is C29H28FN3O2S. The fourth-order valence-corrected chi connectivity index (χ4v) is 6.30. The molecule has 1 saturated heterocycles. The minimum absolute atomic E-state index is 0.0522. The number of benzene rings is 2. The number of rotatable bonds is 6. The van der Waals surface area contributed by atoms with Crippen molar-refractivity contribution in [2.45, 2.75) is 50.1 Å². The average Bonchev–Trinajstić information content (AvgIpc) is 2.91. The molecule has 1 aromatic heterocycles. The predicted octanol–water partition coefficient (Wildman–Crippen LogP) is 5.58. The van der Waals surface area contributed by atoms with Gasteiger partial charge in [-0.1, -0.05) is 49.2 Å². The Morgan fingerprint density at radius 2 is 1.83 bits per heavy atom. The first-order valence-electron chi connectivity index (χ1n) is 12.3. The van der Waals surface area contributed by atoms with Crippen molar-refractivity contribution in [2.75, 3.05) is 0 Å². The van der Waals surface area contributed by atoms with Gasteiger partial charge in [0, 0.05) is 35.2 Å². The first kappa shape index (κ1) is 24.3. The van der Waals surface area contributed by atoms with Crippen LogP contribution in [-0.4, -0.2) is 33.0 Å². The van der Waals surface area contributed by atoms with Crippen LogP contribution < -0.4 is 5.32 Å². The minimum Gasteiger partial charge on any atom is -0.346 e. The number of hydrogen-bond donors (Lipinski definition) is 1. The lowest BCUT2D eigenvalue weighted by Crippen LogP contribution is -2.50. The Bertz CT molecular complexity index is 1260. The van der Waals surface area contributed by atoms with Crippen LogP contribution in [0.25, 0.3) is 6.08 Å². The zero-order valence-corrected chi connectivity index (χ0v) is 20.7. The van der Waals surface area contributed by atoms with Crippen LogP contribution in [0.1, 0.15) is 52.9 Å². The van der Waals surface area contributed by atoms with Crippen molar-refractivity contribution in [3.05, 3.63) is 106 Å². The molecule has 7 heteroatoms. The van der Waals surface area contributed by atoms with Crippen molar-refractivity contribution in [1.82, 2.24) is 15.2 Å². The Morgan fingerprint density at radius 1 is 1.06 bits per heavy atom. The van der Waals surface area contributed by atoms with Gasteiger partial charge in [-0.05, 0) is 54.8 Å². The molecule has 1 saturated carbocycles. The molecular weight excluding hydrogens is 473 g/mol. The highest BCUT2D eigenvalue weighted by molar-refractivity contribution is 8.04. The van der Waals surface area contributed by atoms with E-state index in [1.807, 2.05) is 47.4 Å². The van der Waals surface area contributed by atoms with Gasteiger partial charge in [-0.3, -0.25) is 14.6 Å². The topological polar surface area (TPSA) is 62.3 Å². The third kappa shape index (κ3) is 5.51. The summed E-state index contributed by atoms with van der Waals surface area (Å²) in [6.45, 7) is 0.636. The van der Waals surface area contributed by atoms with Gasteiger partial charge in [0.25, 0.3) is 11.8 Å². The number of carbonyl (C=O) groups excluding carboxylic acids is 2. The molecule has 184 valence electrons. The fraction of sp³-hybridized carbons (Fsp3) is 0.276.